The maximum absolute atomic E-state index is 12.7. The van der Waals surface area contributed by atoms with Gasteiger partial charge < -0.3 is 20.7 Å². The highest BCUT2D eigenvalue weighted by Gasteiger charge is 2.39. The predicted molar refractivity (Wildman–Crippen MR) is 123 cm³/mol. The van der Waals surface area contributed by atoms with Gasteiger partial charge in [0.25, 0.3) is 0 Å². The van der Waals surface area contributed by atoms with Gasteiger partial charge >= 0.3 is 0 Å². The summed E-state index contributed by atoms with van der Waals surface area (Å²) in [5.74, 6) is 1.40. The van der Waals surface area contributed by atoms with E-state index in [1.165, 1.54) is 0 Å². The first-order chi connectivity index (χ1) is 14.1. The van der Waals surface area contributed by atoms with E-state index >= 15 is 0 Å². The Morgan fingerprint density at radius 3 is 2.67 bits per heavy atom. The van der Waals surface area contributed by atoms with E-state index in [-0.39, 0.29) is 28.7 Å². The molecule has 1 saturated heterocycles. The highest BCUT2D eigenvalue weighted by atomic mass is 16.5. The number of aromatic nitrogens is 1. The molecule has 6 nitrogen and oxygen atoms in total. The molecular formula is C24H40N4O2. The average molecular weight is 417 g/mol. The Hall–Kier alpha value is -1.82. The molecule has 2 fully saturated rings. The molecule has 3 rings (SSSR count). The largest absolute Gasteiger partial charge is 0.382 e. The predicted octanol–water partition coefficient (Wildman–Crippen LogP) is 4.40. The van der Waals surface area contributed by atoms with E-state index in [4.69, 9.17) is 9.72 Å². The van der Waals surface area contributed by atoms with Crippen molar-refractivity contribution < 1.29 is 9.53 Å². The fourth-order valence-electron chi connectivity index (χ4n) is 4.39. The summed E-state index contributed by atoms with van der Waals surface area (Å²) in [4.78, 5) is 17.7. The average Bonchev–Trinajstić information content (AvgIpc) is 3.22. The number of carbonyl (C=O) groups excluding carboxylic acids is 1. The summed E-state index contributed by atoms with van der Waals surface area (Å²) in [6.45, 7) is 13.3. The smallest absolute Gasteiger partial charge is 0.225 e. The molecule has 1 aliphatic carbocycles. The molecule has 2 heterocycles. The van der Waals surface area contributed by atoms with Gasteiger partial charge in [-0.2, -0.15) is 0 Å². The monoisotopic (exact) mass is 416 g/mol. The van der Waals surface area contributed by atoms with Gasteiger partial charge in [0.2, 0.25) is 5.91 Å². The fraction of sp³-hybridized carbons (Fsp3) is 0.750. The molecule has 3 unspecified atom stereocenters. The van der Waals surface area contributed by atoms with Gasteiger partial charge in [-0.3, -0.25) is 4.79 Å². The fourth-order valence-corrected chi connectivity index (χ4v) is 4.39. The van der Waals surface area contributed by atoms with Crippen LogP contribution in [0.4, 0.5) is 11.5 Å². The van der Waals surface area contributed by atoms with Gasteiger partial charge in [0.15, 0.2) is 0 Å². The SMILES string of the molecule is CNc1nc(C2CCC(C)(C)C(NC(=O)C3CCOC3)C2)ccc1NCC(C)(C)C. The zero-order valence-corrected chi connectivity index (χ0v) is 19.6. The molecule has 1 aromatic rings. The Balaban J connectivity index is 1.71. The zero-order valence-electron chi connectivity index (χ0n) is 19.6. The van der Waals surface area contributed by atoms with Crippen LogP contribution in [0.1, 0.15) is 71.9 Å². The second-order valence-corrected chi connectivity index (χ2v) is 10.9. The van der Waals surface area contributed by atoms with E-state index < -0.39 is 0 Å². The molecule has 0 bridgehead atoms. The van der Waals surface area contributed by atoms with Crippen LogP contribution in [0.2, 0.25) is 0 Å². The molecule has 1 saturated carbocycles. The first-order valence-electron chi connectivity index (χ1n) is 11.4. The van der Waals surface area contributed by atoms with Crippen LogP contribution < -0.4 is 16.0 Å². The van der Waals surface area contributed by atoms with Crippen molar-refractivity contribution in [2.45, 2.75) is 72.3 Å². The number of nitrogens with zero attached hydrogens (tertiary/aromatic N) is 1. The molecule has 6 heteroatoms. The summed E-state index contributed by atoms with van der Waals surface area (Å²) in [6, 6.07) is 4.45. The molecular weight excluding hydrogens is 376 g/mol. The number of nitrogens with one attached hydrogen (secondary N) is 3. The van der Waals surface area contributed by atoms with E-state index in [1.807, 2.05) is 7.05 Å². The minimum Gasteiger partial charge on any atom is -0.382 e. The summed E-state index contributed by atoms with van der Waals surface area (Å²) in [7, 11) is 1.92. The molecule has 3 N–H and O–H groups in total. The molecule has 2 aliphatic rings. The molecule has 1 aliphatic heterocycles. The maximum atomic E-state index is 12.7. The molecule has 1 amide bonds. The number of pyridine rings is 1. The third kappa shape index (κ3) is 5.65. The number of hydrogen-bond donors (Lipinski definition) is 3. The molecule has 1 aromatic heterocycles. The Labute approximate surface area is 181 Å². The normalized spacial score (nSPS) is 26.3. The summed E-state index contributed by atoms with van der Waals surface area (Å²) in [6.07, 6.45) is 3.93. The van der Waals surface area contributed by atoms with E-state index in [1.54, 1.807) is 0 Å². The van der Waals surface area contributed by atoms with Gasteiger partial charge in [0, 0.05) is 37.9 Å². The first-order valence-corrected chi connectivity index (χ1v) is 11.4. The number of carbonyl (C=O) groups is 1. The Kier molecular flexibility index (Phi) is 6.95. The third-order valence-corrected chi connectivity index (χ3v) is 6.60. The van der Waals surface area contributed by atoms with Crippen molar-refractivity contribution in [1.82, 2.24) is 10.3 Å². The molecule has 3 atom stereocenters. The van der Waals surface area contributed by atoms with Gasteiger partial charge in [-0.15, -0.1) is 0 Å². The van der Waals surface area contributed by atoms with Crippen LogP contribution in [-0.4, -0.2) is 43.7 Å². The highest BCUT2D eigenvalue weighted by molar-refractivity contribution is 5.79. The van der Waals surface area contributed by atoms with Gasteiger partial charge in [0.1, 0.15) is 5.82 Å². The van der Waals surface area contributed by atoms with E-state index in [0.717, 1.165) is 49.4 Å². The van der Waals surface area contributed by atoms with E-state index in [9.17, 15) is 4.79 Å². The van der Waals surface area contributed by atoms with Crippen molar-refractivity contribution in [3.05, 3.63) is 17.8 Å². The van der Waals surface area contributed by atoms with Crippen molar-refractivity contribution in [1.29, 1.82) is 0 Å². The van der Waals surface area contributed by atoms with Crippen LogP contribution in [0.5, 0.6) is 0 Å². The number of amides is 1. The lowest BCUT2D eigenvalue weighted by Gasteiger charge is -2.42. The van der Waals surface area contributed by atoms with Gasteiger partial charge in [0.05, 0.1) is 18.2 Å². The Morgan fingerprint density at radius 1 is 1.27 bits per heavy atom. The lowest BCUT2D eigenvalue weighted by atomic mass is 9.68. The third-order valence-electron chi connectivity index (χ3n) is 6.60. The lowest BCUT2D eigenvalue weighted by molar-refractivity contribution is -0.127. The van der Waals surface area contributed by atoms with Gasteiger partial charge in [-0.05, 0) is 48.6 Å². The molecule has 0 aromatic carbocycles. The highest BCUT2D eigenvalue weighted by Crippen LogP contribution is 2.43. The number of rotatable bonds is 6. The lowest BCUT2D eigenvalue weighted by Crippen LogP contribution is -2.50. The van der Waals surface area contributed by atoms with Crippen LogP contribution in [0.25, 0.3) is 0 Å². The van der Waals surface area contributed by atoms with E-state index in [0.29, 0.717) is 19.1 Å². The van der Waals surface area contributed by atoms with Crippen LogP contribution in [-0.2, 0) is 9.53 Å². The first kappa shape index (κ1) is 22.9. The number of anilines is 2. The minimum absolute atomic E-state index is 0.00312. The van der Waals surface area contributed by atoms with Gasteiger partial charge in [-0.1, -0.05) is 34.6 Å². The molecule has 0 spiro atoms. The standard InChI is InChI=1S/C24H40N4O2/c1-23(2,3)15-26-19-8-7-18(27-21(19)25-6)16-9-11-24(4,5)20(13-16)28-22(29)17-10-12-30-14-17/h7-8,16-17,20,26H,9-15H2,1-6H3,(H,25,27)(H,28,29). The minimum atomic E-state index is 0.00312. The molecule has 0 radical (unpaired) electrons. The van der Waals surface area contributed by atoms with Crippen molar-refractivity contribution in [3.63, 3.8) is 0 Å². The van der Waals surface area contributed by atoms with Crippen LogP contribution >= 0.6 is 0 Å². The topological polar surface area (TPSA) is 75.3 Å². The van der Waals surface area contributed by atoms with E-state index in [2.05, 4.69) is 62.7 Å². The van der Waals surface area contributed by atoms with Crippen LogP contribution in [0.3, 0.4) is 0 Å². The summed E-state index contributed by atoms with van der Waals surface area (Å²) < 4.78 is 5.40. The second kappa shape index (κ2) is 9.13. The summed E-state index contributed by atoms with van der Waals surface area (Å²) in [5.41, 5.74) is 2.44. The van der Waals surface area contributed by atoms with Crippen molar-refractivity contribution >= 4 is 17.4 Å². The number of hydrogen-bond acceptors (Lipinski definition) is 5. The Morgan fingerprint density at radius 2 is 2.03 bits per heavy atom. The van der Waals surface area contributed by atoms with Crippen LogP contribution in [0, 0.1) is 16.7 Å². The van der Waals surface area contributed by atoms with Crippen LogP contribution in [0.15, 0.2) is 12.1 Å². The molecule has 30 heavy (non-hydrogen) atoms. The maximum Gasteiger partial charge on any atom is 0.225 e. The van der Waals surface area contributed by atoms with Crippen molar-refractivity contribution in [2.24, 2.45) is 16.7 Å². The second-order valence-electron chi connectivity index (χ2n) is 10.9. The number of ether oxygens (including phenoxy) is 1. The quantitative estimate of drug-likeness (QED) is 0.641. The molecule has 168 valence electrons. The zero-order chi connectivity index (χ0) is 21.9. The van der Waals surface area contributed by atoms with Crippen molar-refractivity contribution in [3.8, 4) is 0 Å². The Bertz CT molecular complexity index is 735. The van der Waals surface area contributed by atoms with Gasteiger partial charge in [-0.25, -0.2) is 4.98 Å². The summed E-state index contributed by atoms with van der Waals surface area (Å²) in [5, 5.41) is 10.1. The summed E-state index contributed by atoms with van der Waals surface area (Å²) >= 11 is 0. The van der Waals surface area contributed by atoms with Crippen molar-refractivity contribution in [2.75, 3.05) is 37.4 Å².